The summed E-state index contributed by atoms with van der Waals surface area (Å²) in [6, 6.07) is 3.41. The van der Waals surface area contributed by atoms with Gasteiger partial charge in [0.25, 0.3) is 5.91 Å². The normalized spacial score (nSPS) is 14.4. The maximum absolute atomic E-state index is 13.4. The van der Waals surface area contributed by atoms with Crippen LogP contribution >= 0.6 is 0 Å². The van der Waals surface area contributed by atoms with E-state index in [0.29, 0.717) is 29.3 Å². The van der Waals surface area contributed by atoms with Gasteiger partial charge < -0.3 is 5.73 Å². The number of nitrogens with one attached hydrogen (secondary N) is 2. The average molecular weight is 400 g/mol. The minimum absolute atomic E-state index is 0.0695. The van der Waals surface area contributed by atoms with Gasteiger partial charge in [0.1, 0.15) is 0 Å². The molecule has 0 fully saturated rings. The van der Waals surface area contributed by atoms with E-state index in [9.17, 15) is 18.0 Å². The first-order chi connectivity index (χ1) is 13.9. The molecule has 3 aromatic heterocycles. The van der Waals surface area contributed by atoms with E-state index < -0.39 is 17.8 Å². The van der Waals surface area contributed by atoms with Crippen LogP contribution in [0.1, 0.15) is 40.2 Å². The molecule has 3 heterocycles. The lowest BCUT2D eigenvalue weighted by atomic mass is 9.85. The summed E-state index contributed by atoms with van der Waals surface area (Å²) in [4.78, 5) is 16.5. The molecule has 1 aliphatic carbocycles. The van der Waals surface area contributed by atoms with Gasteiger partial charge >= 0.3 is 6.18 Å². The van der Waals surface area contributed by atoms with Crippen LogP contribution in [0, 0.1) is 0 Å². The monoisotopic (exact) mass is 400 g/mol. The second-order valence-electron chi connectivity index (χ2n) is 7.09. The summed E-state index contributed by atoms with van der Waals surface area (Å²) in [5, 5.41) is 13.8. The molecule has 0 spiro atoms. The number of aromatic nitrogens is 5. The summed E-state index contributed by atoms with van der Waals surface area (Å²) in [6.07, 6.45) is -0.364. The summed E-state index contributed by atoms with van der Waals surface area (Å²) in [7, 11) is 0. The molecule has 0 atom stereocenters. The van der Waals surface area contributed by atoms with E-state index in [4.69, 9.17) is 5.73 Å². The molecule has 7 nitrogen and oxygen atoms in total. The van der Waals surface area contributed by atoms with Gasteiger partial charge in [0, 0.05) is 17.0 Å². The largest absolute Gasteiger partial charge is 0.435 e. The van der Waals surface area contributed by atoms with Gasteiger partial charge in [0.15, 0.2) is 11.4 Å². The number of benzene rings is 1. The molecule has 29 heavy (non-hydrogen) atoms. The molecule has 0 saturated carbocycles. The molecular formula is C19H15F3N6O. The number of amides is 1. The maximum Gasteiger partial charge on any atom is 0.435 e. The Morgan fingerprint density at radius 1 is 1.07 bits per heavy atom. The smallest absolute Gasteiger partial charge is 0.364 e. The number of aryl methyl sites for hydroxylation is 1. The van der Waals surface area contributed by atoms with Gasteiger partial charge in [-0.3, -0.25) is 15.0 Å². The van der Waals surface area contributed by atoms with Crippen molar-refractivity contribution in [2.75, 3.05) is 0 Å². The number of nitrogens with two attached hydrogens (primary N) is 1. The summed E-state index contributed by atoms with van der Waals surface area (Å²) in [6.45, 7) is 0. The van der Waals surface area contributed by atoms with Crippen LogP contribution in [-0.2, 0) is 19.0 Å². The minimum atomic E-state index is -4.60. The number of H-pyrrole nitrogens is 2. The molecule has 1 aromatic carbocycles. The van der Waals surface area contributed by atoms with Crippen molar-refractivity contribution in [1.82, 2.24) is 25.4 Å². The quantitative estimate of drug-likeness (QED) is 0.478. The van der Waals surface area contributed by atoms with Crippen molar-refractivity contribution in [3.05, 3.63) is 40.8 Å². The van der Waals surface area contributed by atoms with Crippen LogP contribution in [0.25, 0.3) is 33.1 Å². The van der Waals surface area contributed by atoms with Crippen molar-refractivity contribution in [2.24, 2.45) is 5.73 Å². The van der Waals surface area contributed by atoms with Crippen LogP contribution in [0.4, 0.5) is 13.2 Å². The third kappa shape index (κ3) is 2.59. The predicted octanol–water partition coefficient (Wildman–Crippen LogP) is 3.50. The highest BCUT2D eigenvalue weighted by atomic mass is 19.4. The van der Waals surface area contributed by atoms with Crippen LogP contribution < -0.4 is 5.73 Å². The van der Waals surface area contributed by atoms with E-state index in [1.54, 1.807) is 12.1 Å². The Labute approximate surface area is 161 Å². The number of rotatable bonds is 2. The van der Waals surface area contributed by atoms with E-state index in [2.05, 4.69) is 25.4 Å². The number of carbonyl (C=O) groups excluding carboxylic acids is 1. The van der Waals surface area contributed by atoms with Crippen molar-refractivity contribution in [1.29, 1.82) is 0 Å². The zero-order valence-corrected chi connectivity index (χ0v) is 15.0. The highest BCUT2D eigenvalue weighted by molar-refractivity contribution is 6.16. The zero-order valence-electron chi connectivity index (χ0n) is 15.0. The lowest BCUT2D eigenvalue weighted by molar-refractivity contribution is -0.140. The summed E-state index contributed by atoms with van der Waals surface area (Å²) in [5.41, 5.74) is 7.57. The van der Waals surface area contributed by atoms with E-state index in [1.807, 2.05) is 0 Å². The van der Waals surface area contributed by atoms with E-state index in [0.717, 1.165) is 29.4 Å². The molecule has 0 saturated heterocycles. The second kappa shape index (κ2) is 6.03. The number of carbonyl (C=O) groups is 1. The molecule has 5 rings (SSSR count). The van der Waals surface area contributed by atoms with Crippen LogP contribution in [-0.4, -0.2) is 31.3 Å². The Kier molecular flexibility index (Phi) is 3.67. The van der Waals surface area contributed by atoms with E-state index in [1.165, 1.54) is 6.20 Å². The number of hydrogen-bond donors (Lipinski definition) is 3. The van der Waals surface area contributed by atoms with Crippen molar-refractivity contribution in [3.8, 4) is 11.3 Å². The Hall–Kier alpha value is -3.43. The fourth-order valence-corrected chi connectivity index (χ4v) is 4.22. The molecule has 148 valence electrons. The van der Waals surface area contributed by atoms with Gasteiger partial charge in [-0.2, -0.15) is 23.4 Å². The number of alkyl halides is 3. The van der Waals surface area contributed by atoms with Gasteiger partial charge in [-0.25, -0.2) is 4.98 Å². The Morgan fingerprint density at radius 2 is 1.83 bits per heavy atom. The molecule has 0 unspecified atom stereocenters. The fourth-order valence-electron chi connectivity index (χ4n) is 4.22. The average Bonchev–Trinajstić information content (AvgIpc) is 3.34. The van der Waals surface area contributed by atoms with Crippen molar-refractivity contribution in [3.63, 3.8) is 0 Å². The molecule has 10 heteroatoms. The van der Waals surface area contributed by atoms with E-state index >= 15 is 0 Å². The number of fused-ring (bicyclic) bond motifs is 5. The van der Waals surface area contributed by atoms with Crippen molar-refractivity contribution in [2.45, 2.75) is 31.9 Å². The molecule has 1 aliphatic rings. The first kappa shape index (κ1) is 17.7. The van der Waals surface area contributed by atoms with E-state index in [-0.39, 0.29) is 17.0 Å². The van der Waals surface area contributed by atoms with Crippen LogP contribution in [0.3, 0.4) is 0 Å². The highest BCUT2D eigenvalue weighted by Crippen LogP contribution is 2.41. The number of nitrogens with zero attached hydrogens (tertiary/aromatic N) is 3. The third-order valence-corrected chi connectivity index (χ3v) is 5.39. The zero-order chi connectivity index (χ0) is 20.3. The van der Waals surface area contributed by atoms with Gasteiger partial charge in [0.2, 0.25) is 0 Å². The lowest BCUT2D eigenvalue weighted by Crippen LogP contribution is -2.13. The molecule has 4 aromatic rings. The summed E-state index contributed by atoms with van der Waals surface area (Å²) in [5.74, 6) is -0.674. The number of aromatic amines is 2. The van der Waals surface area contributed by atoms with Crippen LogP contribution in [0.15, 0.2) is 18.3 Å². The maximum atomic E-state index is 13.4. The second-order valence-corrected chi connectivity index (χ2v) is 7.09. The fraction of sp³-hybridized carbons (Fsp3) is 0.263. The SMILES string of the molecule is NC(=O)c1n[nH]c2ccc3nc(-c4c[nH]nc4C(F)(F)F)c4c(c3c12)CCCC4. The first-order valence-electron chi connectivity index (χ1n) is 9.10. The lowest BCUT2D eigenvalue weighted by Gasteiger charge is -2.22. The Balaban J connectivity index is 1.90. The molecule has 1 amide bonds. The highest BCUT2D eigenvalue weighted by Gasteiger charge is 2.38. The minimum Gasteiger partial charge on any atom is -0.364 e. The van der Waals surface area contributed by atoms with Gasteiger partial charge in [-0.15, -0.1) is 0 Å². The number of hydrogen-bond acceptors (Lipinski definition) is 4. The molecule has 0 bridgehead atoms. The van der Waals surface area contributed by atoms with Crippen molar-refractivity contribution >= 4 is 27.7 Å². The van der Waals surface area contributed by atoms with Crippen LogP contribution in [0.2, 0.25) is 0 Å². The number of pyridine rings is 1. The Bertz CT molecular complexity index is 1290. The standard InChI is InChI=1S/C19H15F3N6O/c20-19(21,22)17-10(7-24-28-17)15-9-4-2-1-3-8(9)13-11(25-15)5-6-12-14(13)16(18(23)29)27-26-12/h5-7H,1-4H2,(H2,23,29)(H,24,28)(H,26,27). The number of halogens is 3. The molecule has 0 aliphatic heterocycles. The first-order valence-corrected chi connectivity index (χ1v) is 9.10. The van der Waals surface area contributed by atoms with Gasteiger partial charge in [-0.1, -0.05) is 0 Å². The van der Waals surface area contributed by atoms with Gasteiger partial charge in [0.05, 0.1) is 22.3 Å². The molecule has 4 N–H and O–H groups in total. The summed E-state index contributed by atoms with van der Waals surface area (Å²) >= 11 is 0. The predicted molar refractivity (Wildman–Crippen MR) is 99.1 cm³/mol. The van der Waals surface area contributed by atoms with Crippen LogP contribution in [0.5, 0.6) is 0 Å². The summed E-state index contributed by atoms with van der Waals surface area (Å²) < 4.78 is 40.3. The topological polar surface area (TPSA) is 113 Å². The van der Waals surface area contributed by atoms with Gasteiger partial charge in [-0.05, 0) is 48.9 Å². The Morgan fingerprint density at radius 3 is 2.55 bits per heavy atom. The van der Waals surface area contributed by atoms with Crippen molar-refractivity contribution < 1.29 is 18.0 Å². The third-order valence-electron chi connectivity index (χ3n) is 5.39. The number of primary amides is 1. The molecule has 0 radical (unpaired) electrons. The molecular weight excluding hydrogens is 385 g/mol.